The number of carboxylic acids is 1. The van der Waals surface area contributed by atoms with E-state index in [1.54, 1.807) is 15.7 Å². The van der Waals surface area contributed by atoms with Crippen molar-refractivity contribution in [2.24, 2.45) is 0 Å². The van der Waals surface area contributed by atoms with Crippen LogP contribution in [-0.2, 0) is 6.54 Å². The number of rotatable bonds is 5. The fraction of sp³-hybridized carbons (Fsp3) is 0.320. The first-order valence-corrected chi connectivity index (χ1v) is 11.5. The monoisotopic (exact) mass is 480 g/mol. The number of aromatic nitrogens is 2. The Morgan fingerprint density at radius 2 is 1.94 bits per heavy atom. The first-order valence-electron chi connectivity index (χ1n) is 11.5. The Balaban J connectivity index is 1.40. The fourth-order valence-electron chi connectivity index (χ4n) is 4.82. The maximum atomic E-state index is 15.7. The van der Waals surface area contributed by atoms with Gasteiger partial charge < -0.3 is 19.0 Å². The second-order valence-corrected chi connectivity index (χ2v) is 9.11. The van der Waals surface area contributed by atoms with Crippen LogP contribution in [0, 0.1) is 11.6 Å². The van der Waals surface area contributed by atoms with Crippen molar-refractivity contribution in [2.45, 2.75) is 25.4 Å². The van der Waals surface area contributed by atoms with Gasteiger partial charge in [0.05, 0.1) is 18.2 Å². The van der Waals surface area contributed by atoms with Gasteiger partial charge in [0, 0.05) is 43.8 Å². The minimum Gasteiger partial charge on any atom is -0.477 e. The third kappa shape index (κ3) is 3.74. The lowest BCUT2D eigenvalue weighted by molar-refractivity contribution is 0.0695. The quantitative estimate of drug-likeness (QED) is 0.435. The van der Waals surface area contributed by atoms with E-state index >= 15 is 8.78 Å². The SMILES string of the molecule is O=C(O)c1cn(C2CC2)c2nc3c(F)c(N4CCN(Cc5ccco5)CC4)c(F)cc3cc2c1=O. The zero-order valence-electron chi connectivity index (χ0n) is 18.7. The van der Waals surface area contributed by atoms with Gasteiger partial charge in [0.25, 0.3) is 0 Å². The number of fused-ring (bicyclic) bond motifs is 2. The van der Waals surface area contributed by atoms with Crippen molar-refractivity contribution >= 4 is 33.6 Å². The molecule has 0 bridgehead atoms. The van der Waals surface area contributed by atoms with E-state index in [0.717, 1.165) is 18.6 Å². The van der Waals surface area contributed by atoms with Crippen LogP contribution in [0.5, 0.6) is 0 Å². The number of halogens is 2. The number of hydrogen-bond acceptors (Lipinski definition) is 6. The molecule has 4 aromatic rings. The molecule has 8 nitrogen and oxygen atoms in total. The molecule has 0 unspecified atom stereocenters. The average Bonchev–Trinajstić information content (AvgIpc) is 3.55. The summed E-state index contributed by atoms with van der Waals surface area (Å²) < 4.78 is 37.9. The smallest absolute Gasteiger partial charge is 0.341 e. The number of aromatic carboxylic acids is 1. The Morgan fingerprint density at radius 3 is 2.60 bits per heavy atom. The van der Waals surface area contributed by atoms with Crippen LogP contribution in [0.25, 0.3) is 21.9 Å². The highest BCUT2D eigenvalue weighted by Gasteiger charge is 2.29. The van der Waals surface area contributed by atoms with Crippen molar-refractivity contribution in [3.8, 4) is 0 Å². The third-order valence-electron chi connectivity index (χ3n) is 6.78. The molecule has 2 fully saturated rings. The summed E-state index contributed by atoms with van der Waals surface area (Å²) in [5, 5.41) is 9.62. The van der Waals surface area contributed by atoms with Gasteiger partial charge >= 0.3 is 5.97 Å². The van der Waals surface area contributed by atoms with Crippen LogP contribution in [0.3, 0.4) is 0 Å². The summed E-state index contributed by atoms with van der Waals surface area (Å²) in [5.41, 5.74) is -1.05. The van der Waals surface area contributed by atoms with Gasteiger partial charge in [0.2, 0.25) is 5.43 Å². The lowest BCUT2D eigenvalue weighted by Gasteiger charge is -2.36. The number of hydrogen-bond donors (Lipinski definition) is 1. The van der Waals surface area contributed by atoms with Crippen molar-refractivity contribution < 1.29 is 23.1 Å². The van der Waals surface area contributed by atoms with Crippen molar-refractivity contribution in [2.75, 3.05) is 31.1 Å². The zero-order chi connectivity index (χ0) is 24.3. The Hall–Kier alpha value is -3.79. The molecule has 10 heteroatoms. The van der Waals surface area contributed by atoms with Gasteiger partial charge in [-0.05, 0) is 37.1 Å². The lowest BCUT2D eigenvalue weighted by Crippen LogP contribution is -2.46. The summed E-state index contributed by atoms with van der Waals surface area (Å²) >= 11 is 0. The van der Waals surface area contributed by atoms with Gasteiger partial charge in [0.1, 0.15) is 34.0 Å². The summed E-state index contributed by atoms with van der Waals surface area (Å²) in [4.78, 5) is 32.7. The van der Waals surface area contributed by atoms with Crippen molar-refractivity contribution in [3.63, 3.8) is 0 Å². The Morgan fingerprint density at radius 1 is 1.17 bits per heavy atom. The van der Waals surface area contributed by atoms with Gasteiger partial charge in [-0.1, -0.05) is 0 Å². The van der Waals surface area contributed by atoms with Crippen LogP contribution in [-0.4, -0.2) is 51.7 Å². The highest BCUT2D eigenvalue weighted by atomic mass is 19.1. The molecule has 0 atom stereocenters. The van der Waals surface area contributed by atoms with Gasteiger partial charge in [-0.15, -0.1) is 0 Å². The van der Waals surface area contributed by atoms with Crippen LogP contribution >= 0.6 is 0 Å². The van der Waals surface area contributed by atoms with Gasteiger partial charge in [-0.2, -0.15) is 0 Å². The second-order valence-electron chi connectivity index (χ2n) is 9.11. The number of carbonyl (C=O) groups is 1. The maximum Gasteiger partial charge on any atom is 0.341 e. The summed E-state index contributed by atoms with van der Waals surface area (Å²) in [5.74, 6) is -2.03. The summed E-state index contributed by atoms with van der Waals surface area (Å²) in [6.45, 7) is 2.72. The molecule has 0 amide bonds. The van der Waals surface area contributed by atoms with Crippen LogP contribution in [0.1, 0.15) is 35.0 Å². The van der Waals surface area contributed by atoms with E-state index in [1.807, 2.05) is 12.1 Å². The molecule has 0 radical (unpaired) electrons. The molecule has 1 saturated heterocycles. The number of anilines is 1. The molecule has 35 heavy (non-hydrogen) atoms. The molecule has 1 N–H and O–H groups in total. The molecule has 1 aromatic carbocycles. The number of piperazine rings is 1. The molecule has 0 spiro atoms. The fourth-order valence-corrected chi connectivity index (χ4v) is 4.82. The molecule has 180 valence electrons. The second kappa shape index (κ2) is 8.16. The summed E-state index contributed by atoms with van der Waals surface area (Å²) in [6, 6.07) is 6.25. The van der Waals surface area contributed by atoms with Crippen LogP contribution < -0.4 is 10.3 Å². The first-order chi connectivity index (χ1) is 16.9. The normalized spacial score (nSPS) is 16.9. The topological polar surface area (TPSA) is 91.8 Å². The van der Waals surface area contributed by atoms with Crippen molar-refractivity contribution in [1.82, 2.24) is 14.5 Å². The van der Waals surface area contributed by atoms with Crippen LogP contribution in [0.2, 0.25) is 0 Å². The largest absolute Gasteiger partial charge is 0.477 e. The molecule has 3 aromatic heterocycles. The van der Waals surface area contributed by atoms with Gasteiger partial charge in [-0.3, -0.25) is 9.69 Å². The third-order valence-corrected chi connectivity index (χ3v) is 6.78. The molecule has 1 aliphatic heterocycles. The zero-order valence-corrected chi connectivity index (χ0v) is 18.7. The molecule has 6 rings (SSSR count). The van der Waals surface area contributed by atoms with Crippen LogP contribution in [0.15, 0.2) is 45.9 Å². The van der Waals surface area contributed by atoms with Crippen LogP contribution in [0.4, 0.5) is 14.5 Å². The summed E-state index contributed by atoms with van der Waals surface area (Å²) in [6.07, 6.45) is 4.53. The highest BCUT2D eigenvalue weighted by molar-refractivity contribution is 5.97. The van der Waals surface area contributed by atoms with Crippen molar-refractivity contribution in [1.29, 1.82) is 0 Å². The number of carboxylic acid groups (broad SMARTS) is 1. The van der Waals surface area contributed by atoms with E-state index in [0.29, 0.717) is 32.7 Å². The molecule has 1 aliphatic carbocycles. The van der Waals surface area contributed by atoms with E-state index in [1.165, 1.54) is 18.3 Å². The number of nitrogens with zero attached hydrogens (tertiary/aromatic N) is 4. The van der Waals surface area contributed by atoms with Gasteiger partial charge in [-0.25, -0.2) is 18.6 Å². The molecular formula is C25H22F2N4O4. The Labute approximate surface area is 198 Å². The minimum atomic E-state index is -1.34. The highest BCUT2D eigenvalue weighted by Crippen LogP contribution is 2.38. The standard InChI is InChI=1S/C25H22F2N4O4/c26-19-11-14-10-17-23(32)18(25(33)34)13-31(15-3-4-15)24(17)28-21(14)20(27)22(19)30-7-5-29(6-8-30)12-16-2-1-9-35-16/h1-2,9-11,13,15H,3-8,12H2,(H,33,34). The summed E-state index contributed by atoms with van der Waals surface area (Å²) in [7, 11) is 0. The number of benzene rings is 1. The van der Waals surface area contributed by atoms with Crippen molar-refractivity contribution in [3.05, 3.63) is 69.9 Å². The first kappa shape index (κ1) is 21.7. The van der Waals surface area contributed by atoms with E-state index in [9.17, 15) is 14.7 Å². The minimum absolute atomic E-state index is 0.00590. The Bertz CT molecular complexity index is 1520. The maximum absolute atomic E-state index is 15.7. The lowest BCUT2D eigenvalue weighted by atomic mass is 10.1. The van der Waals surface area contributed by atoms with E-state index in [-0.39, 0.29) is 39.2 Å². The van der Waals surface area contributed by atoms with E-state index in [2.05, 4.69) is 9.88 Å². The van der Waals surface area contributed by atoms with E-state index < -0.39 is 23.0 Å². The Kier molecular flexibility index (Phi) is 5.06. The predicted molar refractivity (Wildman–Crippen MR) is 125 cm³/mol. The predicted octanol–water partition coefficient (Wildman–Crippen LogP) is 3.78. The average molecular weight is 480 g/mol. The van der Waals surface area contributed by atoms with Gasteiger partial charge in [0.15, 0.2) is 5.82 Å². The molecule has 4 heterocycles. The molecule has 1 saturated carbocycles. The van der Waals surface area contributed by atoms with E-state index in [4.69, 9.17) is 4.42 Å². The number of furan rings is 1. The molecular weight excluding hydrogens is 458 g/mol. The number of pyridine rings is 2. The molecule has 2 aliphatic rings.